The Morgan fingerprint density at radius 3 is 2.71 bits per heavy atom. The quantitative estimate of drug-likeness (QED) is 0.468. The fourth-order valence-electron chi connectivity index (χ4n) is 2.72. The summed E-state index contributed by atoms with van der Waals surface area (Å²) in [7, 11) is 0. The number of benzene rings is 1. The van der Waals surface area contributed by atoms with Crippen LogP contribution >= 0.6 is 11.3 Å². The molecule has 3 heterocycles. The first-order valence-electron chi connectivity index (χ1n) is 6.61. The van der Waals surface area contributed by atoms with Crippen LogP contribution in [-0.4, -0.2) is 19.6 Å². The summed E-state index contributed by atoms with van der Waals surface area (Å²) in [6, 6.07) is 4.12. The molecule has 1 aromatic carbocycles. The van der Waals surface area contributed by atoms with Crippen molar-refractivity contribution in [2.75, 3.05) is 0 Å². The van der Waals surface area contributed by atoms with Gasteiger partial charge in [-0.3, -0.25) is 9.78 Å². The molecular formula is C15H12N4OS. The van der Waals surface area contributed by atoms with E-state index in [9.17, 15) is 4.79 Å². The van der Waals surface area contributed by atoms with Crippen molar-refractivity contribution in [2.45, 2.75) is 20.8 Å². The zero-order chi connectivity index (χ0) is 14.7. The fourth-order valence-corrected chi connectivity index (χ4v) is 3.45. The van der Waals surface area contributed by atoms with E-state index >= 15 is 0 Å². The Morgan fingerprint density at radius 1 is 1.10 bits per heavy atom. The van der Waals surface area contributed by atoms with Gasteiger partial charge in [0.15, 0.2) is 0 Å². The average molecular weight is 296 g/mol. The zero-order valence-corrected chi connectivity index (χ0v) is 12.7. The molecule has 0 spiro atoms. The number of rotatable bonds is 0. The van der Waals surface area contributed by atoms with Crippen LogP contribution < -0.4 is 5.56 Å². The fraction of sp³-hybridized carbons (Fsp3) is 0.200. The summed E-state index contributed by atoms with van der Waals surface area (Å²) in [4.78, 5) is 22.3. The molecular weight excluding hydrogens is 284 g/mol. The SMILES string of the molecule is Cc1cc(C)c2ncc3c(=O)n4nc(C)sc4nc3c2c1. The highest BCUT2D eigenvalue weighted by molar-refractivity contribution is 7.16. The third-order valence-corrected chi connectivity index (χ3v) is 4.39. The molecule has 0 saturated heterocycles. The summed E-state index contributed by atoms with van der Waals surface area (Å²) < 4.78 is 1.36. The highest BCUT2D eigenvalue weighted by Crippen LogP contribution is 2.25. The van der Waals surface area contributed by atoms with Crippen LogP contribution in [0.3, 0.4) is 0 Å². The van der Waals surface area contributed by atoms with Crippen LogP contribution in [0.2, 0.25) is 0 Å². The molecule has 0 N–H and O–H groups in total. The van der Waals surface area contributed by atoms with Gasteiger partial charge in [0.1, 0.15) is 5.01 Å². The van der Waals surface area contributed by atoms with Gasteiger partial charge in [-0.2, -0.15) is 9.61 Å². The molecule has 21 heavy (non-hydrogen) atoms. The van der Waals surface area contributed by atoms with E-state index in [0.29, 0.717) is 15.9 Å². The monoisotopic (exact) mass is 296 g/mol. The Kier molecular flexibility index (Phi) is 2.41. The van der Waals surface area contributed by atoms with E-state index in [4.69, 9.17) is 0 Å². The van der Waals surface area contributed by atoms with Gasteiger partial charge in [0.05, 0.1) is 16.4 Å². The second kappa shape index (κ2) is 4.08. The van der Waals surface area contributed by atoms with E-state index in [2.05, 4.69) is 21.1 Å². The molecule has 6 heteroatoms. The van der Waals surface area contributed by atoms with E-state index in [0.717, 1.165) is 27.0 Å². The van der Waals surface area contributed by atoms with Crippen molar-refractivity contribution >= 4 is 38.1 Å². The van der Waals surface area contributed by atoms with Crippen LogP contribution in [0.25, 0.3) is 26.8 Å². The lowest BCUT2D eigenvalue weighted by atomic mass is 10.1. The van der Waals surface area contributed by atoms with E-state index in [1.807, 2.05) is 26.8 Å². The predicted molar refractivity (Wildman–Crippen MR) is 84.2 cm³/mol. The molecule has 0 bridgehead atoms. The first kappa shape index (κ1) is 12.4. The van der Waals surface area contributed by atoms with Crippen LogP contribution in [0.1, 0.15) is 16.1 Å². The van der Waals surface area contributed by atoms with Crippen molar-refractivity contribution in [1.82, 2.24) is 19.6 Å². The molecule has 0 aliphatic rings. The van der Waals surface area contributed by atoms with Crippen molar-refractivity contribution in [3.05, 3.63) is 44.8 Å². The van der Waals surface area contributed by atoms with Gasteiger partial charge < -0.3 is 0 Å². The van der Waals surface area contributed by atoms with Crippen molar-refractivity contribution < 1.29 is 0 Å². The van der Waals surface area contributed by atoms with E-state index in [1.165, 1.54) is 15.9 Å². The summed E-state index contributed by atoms with van der Waals surface area (Å²) in [5.41, 5.74) is 3.67. The lowest BCUT2D eigenvalue weighted by molar-refractivity contribution is 0.895. The summed E-state index contributed by atoms with van der Waals surface area (Å²) >= 11 is 1.42. The largest absolute Gasteiger partial charge is 0.284 e. The zero-order valence-electron chi connectivity index (χ0n) is 11.8. The molecule has 0 aliphatic carbocycles. The third-order valence-electron chi connectivity index (χ3n) is 3.57. The van der Waals surface area contributed by atoms with E-state index in [1.54, 1.807) is 6.20 Å². The number of pyridine rings is 1. The maximum atomic E-state index is 12.5. The summed E-state index contributed by atoms with van der Waals surface area (Å²) in [5.74, 6) is 0. The lowest BCUT2D eigenvalue weighted by Crippen LogP contribution is -2.15. The van der Waals surface area contributed by atoms with Gasteiger partial charge in [-0.1, -0.05) is 23.0 Å². The third kappa shape index (κ3) is 1.69. The van der Waals surface area contributed by atoms with Crippen molar-refractivity contribution in [2.24, 2.45) is 0 Å². The molecule has 0 radical (unpaired) electrons. The minimum atomic E-state index is -0.159. The molecule has 5 nitrogen and oxygen atoms in total. The lowest BCUT2D eigenvalue weighted by Gasteiger charge is -2.06. The Labute approximate surface area is 123 Å². The number of hydrogen-bond acceptors (Lipinski definition) is 5. The maximum absolute atomic E-state index is 12.5. The summed E-state index contributed by atoms with van der Waals surface area (Å²) in [6.45, 7) is 5.93. The van der Waals surface area contributed by atoms with Crippen molar-refractivity contribution in [1.29, 1.82) is 0 Å². The Morgan fingerprint density at radius 2 is 1.90 bits per heavy atom. The number of aryl methyl sites for hydroxylation is 3. The molecule has 0 unspecified atom stereocenters. The topological polar surface area (TPSA) is 60.2 Å². The van der Waals surface area contributed by atoms with Gasteiger partial charge >= 0.3 is 0 Å². The molecule has 0 aliphatic heterocycles. The first-order chi connectivity index (χ1) is 10.0. The Hall–Kier alpha value is -2.34. The standard InChI is InChI=1S/C15H12N4OS/c1-7-4-8(2)12-10(5-7)13-11(6-16-12)14(20)19-15(17-13)21-9(3)18-19/h4-6H,1-3H3. The highest BCUT2D eigenvalue weighted by Gasteiger charge is 2.13. The van der Waals surface area contributed by atoms with Gasteiger partial charge in [-0.15, -0.1) is 0 Å². The van der Waals surface area contributed by atoms with Crippen LogP contribution in [-0.2, 0) is 0 Å². The van der Waals surface area contributed by atoms with Gasteiger partial charge in [0, 0.05) is 11.6 Å². The summed E-state index contributed by atoms with van der Waals surface area (Å²) in [5, 5.41) is 6.47. The number of nitrogens with zero attached hydrogens (tertiary/aromatic N) is 4. The molecule has 0 saturated carbocycles. The maximum Gasteiger partial charge on any atom is 0.284 e. The first-order valence-corrected chi connectivity index (χ1v) is 7.42. The van der Waals surface area contributed by atoms with Crippen molar-refractivity contribution in [3.63, 3.8) is 0 Å². The summed E-state index contributed by atoms with van der Waals surface area (Å²) in [6.07, 6.45) is 1.61. The van der Waals surface area contributed by atoms with E-state index in [-0.39, 0.29) is 5.56 Å². The molecule has 0 amide bonds. The molecule has 4 rings (SSSR count). The van der Waals surface area contributed by atoms with Crippen LogP contribution in [0.15, 0.2) is 23.1 Å². The van der Waals surface area contributed by atoms with Crippen LogP contribution in [0.4, 0.5) is 0 Å². The second-order valence-corrected chi connectivity index (χ2v) is 6.39. The average Bonchev–Trinajstić information content (AvgIpc) is 2.80. The molecule has 0 fully saturated rings. The molecule has 0 atom stereocenters. The molecule has 104 valence electrons. The predicted octanol–water partition coefficient (Wildman–Crippen LogP) is 2.78. The van der Waals surface area contributed by atoms with Gasteiger partial charge in [-0.05, 0) is 32.4 Å². The Balaban J connectivity index is 2.33. The van der Waals surface area contributed by atoms with Gasteiger partial charge in [0.25, 0.3) is 5.56 Å². The minimum absolute atomic E-state index is 0.159. The number of aromatic nitrogens is 4. The molecule has 4 aromatic rings. The van der Waals surface area contributed by atoms with E-state index < -0.39 is 0 Å². The van der Waals surface area contributed by atoms with Crippen LogP contribution in [0, 0.1) is 20.8 Å². The highest BCUT2D eigenvalue weighted by atomic mass is 32.1. The second-order valence-electron chi connectivity index (χ2n) is 5.23. The van der Waals surface area contributed by atoms with Gasteiger partial charge in [-0.25, -0.2) is 4.98 Å². The number of fused-ring (bicyclic) bond motifs is 4. The van der Waals surface area contributed by atoms with Crippen LogP contribution in [0.5, 0.6) is 0 Å². The Bertz CT molecular complexity index is 1090. The number of hydrogen-bond donors (Lipinski definition) is 0. The minimum Gasteiger partial charge on any atom is -0.266 e. The smallest absolute Gasteiger partial charge is 0.266 e. The molecule has 3 aromatic heterocycles. The van der Waals surface area contributed by atoms with Crippen molar-refractivity contribution in [3.8, 4) is 0 Å². The normalized spacial score (nSPS) is 11.8. The van der Waals surface area contributed by atoms with Gasteiger partial charge in [0.2, 0.25) is 4.96 Å².